The van der Waals surface area contributed by atoms with E-state index in [0.717, 1.165) is 6.21 Å². The van der Waals surface area contributed by atoms with Gasteiger partial charge < -0.3 is 16.5 Å². The topological polar surface area (TPSA) is 79.0 Å². The molecule has 0 aliphatic carbocycles. The van der Waals surface area contributed by atoms with Crippen LogP contribution in [0.1, 0.15) is 15.9 Å². The van der Waals surface area contributed by atoms with Crippen molar-refractivity contribution in [2.24, 2.45) is 0 Å². The van der Waals surface area contributed by atoms with Crippen LogP contribution in [-0.2, 0) is 0 Å². The summed E-state index contributed by atoms with van der Waals surface area (Å²) in [4.78, 5) is 12.0. The molecule has 0 aliphatic rings. The number of benzene rings is 2. The second-order valence-corrected chi connectivity index (χ2v) is 4.48. The molecule has 0 radical (unpaired) electrons. The van der Waals surface area contributed by atoms with Crippen molar-refractivity contribution in [3.05, 3.63) is 58.4 Å². The molecule has 2 rings (SSSR count). The maximum Gasteiger partial charge on any atom is 0.255 e. The van der Waals surface area contributed by atoms with Crippen LogP contribution in [0.2, 0.25) is 5.02 Å². The van der Waals surface area contributed by atoms with Crippen LogP contribution in [0.15, 0.2) is 36.4 Å². The first kappa shape index (κ1) is 14.0. The van der Waals surface area contributed by atoms with E-state index in [2.05, 4.69) is 5.32 Å². The second-order valence-electron chi connectivity index (χ2n) is 4.07. The minimum Gasteiger partial charge on any atom is -0.398 e. The highest BCUT2D eigenvalue weighted by atomic mass is 35.5. The van der Waals surface area contributed by atoms with Gasteiger partial charge in [-0.15, -0.1) is 0 Å². The molecule has 0 saturated heterocycles. The number of hydrogen-bond donors (Lipinski definition) is 3. The molecule has 0 unspecified atom stereocenters. The van der Waals surface area contributed by atoms with E-state index in [9.17, 15) is 9.18 Å². The third kappa shape index (κ3) is 2.95. The molecule has 0 aliphatic heterocycles. The summed E-state index contributed by atoms with van der Waals surface area (Å²) >= 11 is 5.64. The summed E-state index contributed by atoms with van der Waals surface area (Å²) in [6.45, 7) is 0. The highest BCUT2D eigenvalue weighted by Crippen LogP contribution is 2.20. The normalized spacial score (nSPS) is 10.1. The fourth-order valence-corrected chi connectivity index (χ4v) is 1.80. The third-order valence-electron chi connectivity index (χ3n) is 2.68. The van der Waals surface area contributed by atoms with Gasteiger partial charge in [0, 0.05) is 28.7 Å². The Morgan fingerprint density at radius 2 is 2.05 bits per heavy atom. The Balaban J connectivity index is 2.23. The summed E-state index contributed by atoms with van der Waals surface area (Å²) < 4.78 is 13.0. The number of carbonyl (C=O) groups excluding carboxylic acids is 1. The van der Waals surface area contributed by atoms with E-state index in [0.29, 0.717) is 22.5 Å². The molecule has 6 heteroatoms. The summed E-state index contributed by atoms with van der Waals surface area (Å²) in [7, 11) is 0. The second kappa shape index (κ2) is 5.71. The van der Waals surface area contributed by atoms with E-state index in [1.54, 1.807) is 12.1 Å². The van der Waals surface area contributed by atoms with Crippen molar-refractivity contribution in [3.63, 3.8) is 0 Å². The molecule has 20 heavy (non-hydrogen) atoms. The Morgan fingerprint density at radius 1 is 1.30 bits per heavy atom. The van der Waals surface area contributed by atoms with Gasteiger partial charge in [-0.1, -0.05) is 11.6 Å². The number of halogens is 2. The van der Waals surface area contributed by atoms with Crippen LogP contribution in [0.25, 0.3) is 0 Å². The zero-order valence-corrected chi connectivity index (χ0v) is 11.0. The van der Waals surface area contributed by atoms with Gasteiger partial charge in [-0.2, -0.15) is 0 Å². The predicted molar refractivity (Wildman–Crippen MR) is 78.1 cm³/mol. The van der Waals surface area contributed by atoms with Crippen molar-refractivity contribution in [3.8, 4) is 0 Å². The van der Waals surface area contributed by atoms with E-state index < -0.39 is 11.7 Å². The van der Waals surface area contributed by atoms with Crippen LogP contribution in [0.3, 0.4) is 0 Å². The largest absolute Gasteiger partial charge is 0.398 e. The maximum atomic E-state index is 13.0. The van der Waals surface area contributed by atoms with Crippen LogP contribution in [0.4, 0.5) is 15.8 Å². The quantitative estimate of drug-likeness (QED) is 0.599. The van der Waals surface area contributed by atoms with Gasteiger partial charge in [0.1, 0.15) is 5.82 Å². The number of nitrogens with two attached hydrogens (primary N) is 1. The molecule has 4 nitrogen and oxygen atoms in total. The molecule has 2 aromatic carbocycles. The zero-order chi connectivity index (χ0) is 14.7. The number of nitrogens with one attached hydrogen (secondary N) is 2. The molecule has 2 aromatic rings. The first-order valence-electron chi connectivity index (χ1n) is 5.67. The van der Waals surface area contributed by atoms with Crippen molar-refractivity contribution in [2.45, 2.75) is 0 Å². The molecule has 102 valence electrons. The van der Waals surface area contributed by atoms with Crippen LogP contribution in [-0.4, -0.2) is 12.1 Å². The minimum atomic E-state index is -0.553. The number of hydrogen-bond acceptors (Lipinski definition) is 3. The smallest absolute Gasteiger partial charge is 0.255 e. The van der Waals surface area contributed by atoms with Gasteiger partial charge in [0.2, 0.25) is 0 Å². The molecule has 1 amide bonds. The maximum absolute atomic E-state index is 13.0. The SMILES string of the molecule is N=Cc1cc(C(=O)Nc2ccc(F)c(Cl)c2)ccc1N. The lowest BCUT2D eigenvalue weighted by molar-refractivity contribution is 0.102. The zero-order valence-electron chi connectivity index (χ0n) is 10.3. The molecule has 4 N–H and O–H groups in total. The van der Waals surface area contributed by atoms with Crippen LogP contribution in [0.5, 0.6) is 0 Å². The summed E-state index contributed by atoms with van der Waals surface area (Å²) in [6.07, 6.45) is 1.07. The lowest BCUT2D eigenvalue weighted by Crippen LogP contribution is -2.12. The van der Waals surface area contributed by atoms with Crippen molar-refractivity contribution < 1.29 is 9.18 Å². The van der Waals surface area contributed by atoms with Gasteiger partial charge in [-0.05, 0) is 36.4 Å². The lowest BCUT2D eigenvalue weighted by Gasteiger charge is -2.07. The van der Waals surface area contributed by atoms with Crippen molar-refractivity contribution in [2.75, 3.05) is 11.1 Å². The van der Waals surface area contributed by atoms with Gasteiger partial charge in [-0.3, -0.25) is 4.79 Å². The Kier molecular flexibility index (Phi) is 4.00. The summed E-state index contributed by atoms with van der Waals surface area (Å²) in [6, 6.07) is 8.50. The average molecular weight is 292 g/mol. The highest BCUT2D eigenvalue weighted by Gasteiger charge is 2.09. The Labute approximate surface area is 119 Å². The minimum absolute atomic E-state index is 0.0692. The summed E-state index contributed by atoms with van der Waals surface area (Å²) in [5.41, 5.74) is 7.25. The fraction of sp³-hybridized carbons (Fsp3) is 0. The fourth-order valence-electron chi connectivity index (χ4n) is 1.62. The van der Waals surface area contributed by atoms with Gasteiger partial charge >= 0.3 is 0 Å². The molecule has 0 heterocycles. The number of rotatable bonds is 3. The van der Waals surface area contributed by atoms with E-state index in [4.69, 9.17) is 22.7 Å². The summed E-state index contributed by atoms with van der Waals surface area (Å²) in [5.74, 6) is -0.945. The van der Waals surface area contributed by atoms with Gasteiger partial charge in [0.05, 0.1) is 5.02 Å². The molecule has 0 saturated carbocycles. The Hall–Kier alpha value is -2.40. The predicted octanol–water partition coefficient (Wildman–Crippen LogP) is 3.31. The molecule has 0 spiro atoms. The van der Waals surface area contributed by atoms with Gasteiger partial charge in [-0.25, -0.2) is 4.39 Å². The first-order chi connectivity index (χ1) is 9.51. The van der Waals surface area contributed by atoms with Crippen molar-refractivity contribution in [1.29, 1.82) is 5.41 Å². The van der Waals surface area contributed by atoms with Crippen LogP contribution >= 0.6 is 11.6 Å². The molecule has 0 fully saturated rings. The molecule has 0 aromatic heterocycles. The highest BCUT2D eigenvalue weighted by molar-refractivity contribution is 6.31. The van der Waals surface area contributed by atoms with E-state index in [-0.39, 0.29) is 5.02 Å². The lowest BCUT2D eigenvalue weighted by atomic mass is 10.1. The Bertz CT molecular complexity index is 688. The van der Waals surface area contributed by atoms with Crippen LogP contribution < -0.4 is 11.1 Å². The monoisotopic (exact) mass is 291 g/mol. The third-order valence-corrected chi connectivity index (χ3v) is 2.97. The van der Waals surface area contributed by atoms with E-state index >= 15 is 0 Å². The average Bonchev–Trinajstić information content (AvgIpc) is 2.43. The van der Waals surface area contributed by atoms with E-state index in [1.165, 1.54) is 24.3 Å². The van der Waals surface area contributed by atoms with Crippen molar-refractivity contribution >= 4 is 35.1 Å². The van der Waals surface area contributed by atoms with Gasteiger partial charge in [0.25, 0.3) is 5.91 Å². The summed E-state index contributed by atoms with van der Waals surface area (Å²) in [5, 5.41) is 9.72. The molecule has 0 atom stereocenters. The van der Waals surface area contributed by atoms with Crippen LogP contribution in [0, 0.1) is 11.2 Å². The standard InChI is InChI=1S/C14H11ClFN3O/c15-11-6-10(2-3-12(11)16)19-14(20)8-1-4-13(18)9(5-8)7-17/h1-7,17H,18H2,(H,19,20). The number of nitrogen functional groups attached to an aromatic ring is 1. The Morgan fingerprint density at radius 3 is 2.70 bits per heavy atom. The van der Waals surface area contributed by atoms with Gasteiger partial charge in [0.15, 0.2) is 0 Å². The van der Waals surface area contributed by atoms with E-state index in [1.807, 2.05) is 0 Å². The molecule has 0 bridgehead atoms. The number of anilines is 2. The molecular formula is C14H11ClFN3O. The number of carbonyl (C=O) groups is 1. The first-order valence-corrected chi connectivity index (χ1v) is 6.05. The van der Waals surface area contributed by atoms with Crippen molar-refractivity contribution in [1.82, 2.24) is 0 Å². The molecular weight excluding hydrogens is 281 g/mol. The number of amides is 1.